The summed E-state index contributed by atoms with van der Waals surface area (Å²) in [7, 11) is -4.19. The fraction of sp³-hybridized carbons (Fsp3) is 0.375. The van der Waals surface area contributed by atoms with Gasteiger partial charge in [-0.3, -0.25) is 13.9 Å². The lowest BCUT2D eigenvalue weighted by Crippen LogP contribution is -2.52. The molecule has 1 aliphatic rings. The molecule has 0 aliphatic heterocycles. The first kappa shape index (κ1) is 34.0. The molecule has 1 N–H and O–H groups in total. The largest absolute Gasteiger partial charge is 0.494 e. The van der Waals surface area contributed by atoms with Crippen LogP contribution in [0.25, 0.3) is 0 Å². The number of halogens is 2. The molecule has 4 rings (SSSR count). The van der Waals surface area contributed by atoms with E-state index >= 15 is 0 Å². The van der Waals surface area contributed by atoms with Gasteiger partial charge in [-0.1, -0.05) is 42.1 Å². The number of thioether (sulfide) groups is 1. The highest BCUT2D eigenvalue weighted by Gasteiger charge is 2.33. The van der Waals surface area contributed by atoms with Crippen LogP contribution < -0.4 is 14.4 Å². The van der Waals surface area contributed by atoms with Crippen LogP contribution in [-0.2, 0) is 26.2 Å². The van der Waals surface area contributed by atoms with Crippen LogP contribution in [0.4, 0.5) is 5.69 Å². The maximum Gasteiger partial charge on any atom is 0.264 e. The van der Waals surface area contributed by atoms with Crippen molar-refractivity contribution in [3.8, 4) is 5.75 Å². The zero-order chi connectivity index (χ0) is 31.9. The zero-order valence-electron chi connectivity index (χ0n) is 25.0. The maximum atomic E-state index is 14.2. The first-order valence-electron chi connectivity index (χ1n) is 14.5. The molecule has 12 heteroatoms. The van der Waals surface area contributed by atoms with Crippen LogP contribution in [0.2, 0.25) is 10.0 Å². The number of hydrogen-bond donors (Lipinski definition) is 1. The van der Waals surface area contributed by atoms with E-state index in [2.05, 4.69) is 5.32 Å². The molecule has 8 nitrogen and oxygen atoms in total. The van der Waals surface area contributed by atoms with E-state index in [1.807, 2.05) is 13.2 Å². The van der Waals surface area contributed by atoms with E-state index < -0.39 is 28.5 Å². The average molecular weight is 679 g/mol. The monoisotopic (exact) mass is 677 g/mol. The predicted molar refractivity (Wildman–Crippen MR) is 177 cm³/mol. The predicted octanol–water partition coefficient (Wildman–Crippen LogP) is 6.79. The molecule has 3 aromatic carbocycles. The van der Waals surface area contributed by atoms with Gasteiger partial charge >= 0.3 is 0 Å². The molecular weight excluding hydrogens is 641 g/mol. The van der Waals surface area contributed by atoms with Gasteiger partial charge in [0, 0.05) is 27.5 Å². The molecule has 0 saturated heterocycles. The van der Waals surface area contributed by atoms with Crippen molar-refractivity contribution in [2.75, 3.05) is 23.7 Å². The minimum atomic E-state index is -4.19. The first-order chi connectivity index (χ1) is 21.0. The minimum Gasteiger partial charge on any atom is -0.494 e. The number of carbonyl (C=O) groups excluding carboxylic acids is 2. The van der Waals surface area contributed by atoms with Crippen molar-refractivity contribution in [3.63, 3.8) is 0 Å². The van der Waals surface area contributed by atoms with Crippen LogP contribution in [0.5, 0.6) is 5.75 Å². The van der Waals surface area contributed by atoms with Crippen LogP contribution in [0.15, 0.2) is 76.5 Å². The fourth-order valence-electron chi connectivity index (χ4n) is 5.09. The highest BCUT2D eigenvalue weighted by molar-refractivity contribution is 7.98. The number of nitrogens with zero attached hydrogens (tertiary/aromatic N) is 2. The highest BCUT2D eigenvalue weighted by atomic mass is 35.5. The van der Waals surface area contributed by atoms with E-state index in [4.69, 9.17) is 27.9 Å². The van der Waals surface area contributed by atoms with Crippen LogP contribution in [-0.4, -0.2) is 56.6 Å². The lowest BCUT2D eigenvalue weighted by Gasteiger charge is -2.32. The Bertz CT molecular complexity index is 1550. The molecule has 44 heavy (non-hydrogen) atoms. The summed E-state index contributed by atoms with van der Waals surface area (Å²) in [5.74, 6) is -0.304. The minimum absolute atomic E-state index is 0.0202. The molecule has 1 atom stereocenters. The van der Waals surface area contributed by atoms with Crippen molar-refractivity contribution in [2.45, 2.75) is 68.0 Å². The molecule has 0 spiro atoms. The van der Waals surface area contributed by atoms with E-state index in [0.717, 1.165) is 34.9 Å². The summed E-state index contributed by atoms with van der Waals surface area (Å²) in [5.41, 5.74) is 0.858. The number of rotatable bonds is 13. The summed E-state index contributed by atoms with van der Waals surface area (Å²) in [4.78, 5) is 29.9. The number of sulfonamides is 1. The molecular formula is C32H37Cl2N3O5S2. The number of carbonyl (C=O) groups is 2. The number of ether oxygens (including phenoxy) is 1. The van der Waals surface area contributed by atoms with Gasteiger partial charge in [-0.15, -0.1) is 11.8 Å². The summed E-state index contributed by atoms with van der Waals surface area (Å²) in [6.07, 6.45) is 5.74. The van der Waals surface area contributed by atoms with Gasteiger partial charge in [0.1, 0.15) is 18.3 Å². The molecule has 0 bridgehead atoms. The Labute approximate surface area is 274 Å². The quantitative estimate of drug-likeness (QED) is 0.200. The Hall–Kier alpha value is -2.92. The van der Waals surface area contributed by atoms with E-state index in [9.17, 15) is 18.0 Å². The lowest BCUT2D eigenvalue weighted by atomic mass is 10.1. The third-order valence-electron chi connectivity index (χ3n) is 7.59. The van der Waals surface area contributed by atoms with Crippen molar-refractivity contribution >= 4 is 62.5 Å². The fourth-order valence-corrected chi connectivity index (χ4v) is 7.38. The summed E-state index contributed by atoms with van der Waals surface area (Å²) >= 11 is 14.1. The maximum absolute atomic E-state index is 14.2. The topological polar surface area (TPSA) is 96.0 Å². The van der Waals surface area contributed by atoms with E-state index in [-0.39, 0.29) is 29.1 Å². The number of hydrogen-bond acceptors (Lipinski definition) is 6. The van der Waals surface area contributed by atoms with Gasteiger partial charge in [-0.05, 0) is 99.2 Å². The molecule has 0 radical (unpaired) electrons. The van der Waals surface area contributed by atoms with Crippen LogP contribution in [0.3, 0.4) is 0 Å². The molecule has 2 amide bonds. The second-order valence-corrected chi connectivity index (χ2v) is 14.1. The van der Waals surface area contributed by atoms with Crippen LogP contribution >= 0.6 is 35.0 Å². The second kappa shape index (κ2) is 15.4. The smallest absolute Gasteiger partial charge is 0.264 e. The Morgan fingerprint density at radius 3 is 2.27 bits per heavy atom. The molecule has 236 valence electrons. The number of amides is 2. The average Bonchev–Trinajstić information content (AvgIpc) is 3.52. The summed E-state index contributed by atoms with van der Waals surface area (Å²) in [5, 5.41) is 3.83. The SMILES string of the molecule is CCOc1ccc(N(CC(=O)N(Cc2ccc(Cl)cc2Cl)[C@H](C)C(=O)NC2CCCC2)S(=O)(=O)c2ccc(SC)cc2)cc1. The summed E-state index contributed by atoms with van der Waals surface area (Å²) in [6, 6.07) is 17.1. The van der Waals surface area contributed by atoms with Crippen LogP contribution in [0, 0.1) is 0 Å². The molecule has 0 unspecified atom stereocenters. The van der Waals surface area contributed by atoms with Gasteiger partial charge in [-0.25, -0.2) is 8.42 Å². The standard InChI is InChI=1S/C32H37Cl2N3O5S2/c1-4-42-27-13-11-26(12-14-27)37(44(40,41)29-17-15-28(43-3)16-18-29)21-31(38)36(20-23-9-10-24(33)19-30(23)34)22(2)32(39)35-25-7-5-6-8-25/h9-19,22,25H,4-8,20-21H2,1-3H3,(H,35,39)/t22-/m1/s1. The lowest BCUT2D eigenvalue weighted by molar-refractivity contribution is -0.139. The normalized spacial score (nSPS) is 14.2. The van der Waals surface area contributed by atoms with Crippen molar-refractivity contribution in [2.24, 2.45) is 0 Å². The van der Waals surface area contributed by atoms with Crippen LogP contribution in [0.1, 0.15) is 45.1 Å². The zero-order valence-corrected chi connectivity index (χ0v) is 28.1. The van der Waals surface area contributed by atoms with Crippen molar-refractivity contribution in [1.29, 1.82) is 0 Å². The van der Waals surface area contributed by atoms with E-state index in [0.29, 0.717) is 28.0 Å². The van der Waals surface area contributed by atoms with Gasteiger partial charge in [-0.2, -0.15) is 0 Å². The van der Waals surface area contributed by atoms with Gasteiger partial charge in [0.05, 0.1) is 17.2 Å². The van der Waals surface area contributed by atoms with E-state index in [1.165, 1.54) is 28.8 Å². The Morgan fingerprint density at radius 1 is 1.02 bits per heavy atom. The molecule has 0 aromatic heterocycles. The van der Waals surface area contributed by atoms with Crippen molar-refractivity contribution in [3.05, 3.63) is 82.3 Å². The van der Waals surface area contributed by atoms with Gasteiger partial charge in [0.15, 0.2) is 0 Å². The summed E-state index contributed by atoms with van der Waals surface area (Å²) in [6.45, 7) is 3.38. The first-order valence-corrected chi connectivity index (χ1v) is 17.9. The van der Waals surface area contributed by atoms with Gasteiger partial charge in [0.25, 0.3) is 10.0 Å². The van der Waals surface area contributed by atoms with E-state index in [1.54, 1.807) is 61.5 Å². The third kappa shape index (κ3) is 8.41. The van der Waals surface area contributed by atoms with Gasteiger partial charge in [0.2, 0.25) is 11.8 Å². The Kier molecular flexibility index (Phi) is 11.9. The molecule has 3 aromatic rings. The highest BCUT2D eigenvalue weighted by Crippen LogP contribution is 2.29. The Balaban J connectivity index is 1.71. The molecule has 1 fully saturated rings. The Morgan fingerprint density at radius 2 is 1.68 bits per heavy atom. The number of anilines is 1. The number of nitrogens with one attached hydrogen (secondary N) is 1. The van der Waals surface area contributed by atoms with Crippen molar-refractivity contribution in [1.82, 2.24) is 10.2 Å². The number of benzene rings is 3. The van der Waals surface area contributed by atoms with Gasteiger partial charge < -0.3 is 15.0 Å². The summed E-state index contributed by atoms with van der Waals surface area (Å²) < 4.78 is 34.8. The second-order valence-electron chi connectivity index (χ2n) is 10.5. The molecule has 0 heterocycles. The van der Waals surface area contributed by atoms with Crippen molar-refractivity contribution < 1.29 is 22.7 Å². The molecule has 1 aliphatic carbocycles. The third-order valence-corrected chi connectivity index (χ3v) is 10.7. The molecule has 1 saturated carbocycles.